The van der Waals surface area contributed by atoms with E-state index in [2.05, 4.69) is 25.3 Å². The van der Waals surface area contributed by atoms with Gasteiger partial charge in [-0.3, -0.25) is 0 Å². The van der Waals surface area contributed by atoms with Crippen LogP contribution in [0.25, 0.3) is 5.78 Å². The third kappa shape index (κ3) is 3.53. The molecule has 0 spiro atoms. The Hall–Kier alpha value is -1.73. The molecule has 0 radical (unpaired) electrons. The molecule has 1 aliphatic heterocycles. The van der Waals surface area contributed by atoms with Crippen molar-refractivity contribution < 1.29 is 4.74 Å². The maximum Gasteiger partial charge on any atom is 0.254 e. The number of aromatic nitrogens is 4. The van der Waals surface area contributed by atoms with Gasteiger partial charge in [0.25, 0.3) is 5.78 Å². The van der Waals surface area contributed by atoms with Crippen molar-refractivity contribution in [1.29, 1.82) is 0 Å². The minimum Gasteiger partial charge on any atom is -0.383 e. The fourth-order valence-electron chi connectivity index (χ4n) is 2.94. The Kier molecular flexibility index (Phi) is 4.84. The van der Waals surface area contributed by atoms with Crippen LogP contribution in [0, 0.1) is 12.8 Å². The fourth-order valence-corrected chi connectivity index (χ4v) is 2.94. The molecule has 2 aromatic heterocycles. The van der Waals surface area contributed by atoms with E-state index in [9.17, 15) is 0 Å². The van der Waals surface area contributed by atoms with E-state index >= 15 is 0 Å². The SMILES string of the molecule is COCCN1CCC(CNc2cc(C)nc3ncnn23)CC1. The average molecular weight is 304 g/mol. The van der Waals surface area contributed by atoms with E-state index in [1.807, 2.05) is 13.0 Å². The summed E-state index contributed by atoms with van der Waals surface area (Å²) in [7, 11) is 1.76. The quantitative estimate of drug-likeness (QED) is 0.865. The number of piperidine rings is 1. The lowest BCUT2D eigenvalue weighted by molar-refractivity contribution is 0.122. The highest BCUT2D eigenvalue weighted by molar-refractivity contribution is 5.44. The maximum absolute atomic E-state index is 5.15. The molecule has 0 bridgehead atoms. The number of ether oxygens (including phenoxy) is 1. The lowest BCUT2D eigenvalue weighted by Gasteiger charge is -2.31. The molecule has 1 fully saturated rings. The Bertz CT molecular complexity index is 605. The first kappa shape index (κ1) is 15.2. The number of hydrogen-bond acceptors (Lipinski definition) is 6. The fraction of sp³-hybridized carbons (Fsp3) is 0.667. The third-order valence-corrected chi connectivity index (χ3v) is 4.27. The number of nitrogens with one attached hydrogen (secondary N) is 1. The normalized spacial score (nSPS) is 17.2. The molecule has 1 N–H and O–H groups in total. The monoisotopic (exact) mass is 304 g/mol. The van der Waals surface area contributed by atoms with Crippen molar-refractivity contribution >= 4 is 11.6 Å². The van der Waals surface area contributed by atoms with Gasteiger partial charge in [0.2, 0.25) is 0 Å². The summed E-state index contributed by atoms with van der Waals surface area (Å²) >= 11 is 0. The second-order valence-corrected chi connectivity index (χ2v) is 5.91. The lowest BCUT2D eigenvalue weighted by Crippen LogP contribution is -2.37. The molecule has 0 aromatic carbocycles. The average Bonchev–Trinajstić information content (AvgIpc) is 3.00. The summed E-state index contributed by atoms with van der Waals surface area (Å²) in [6, 6.07) is 2.02. The Labute approximate surface area is 130 Å². The van der Waals surface area contributed by atoms with Crippen molar-refractivity contribution in [2.45, 2.75) is 19.8 Å². The number of rotatable bonds is 6. The van der Waals surface area contributed by atoms with Gasteiger partial charge in [-0.25, -0.2) is 4.98 Å². The Morgan fingerprint density at radius 2 is 2.18 bits per heavy atom. The maximum atomic E-state index is 5.15. The zero-order valence-electron chi connectivity index (χ0n) is 13.3. The topological polar surface area (TPSA) is 67.6 Å². The molecular formula is C15H24N6O. The number of hydrogen-bond donors (Lipinski definition) is 1. The first-order chi connectivity index (χ1) is 10.8. The number of methoxy groups -OCH3 is 1. The minimum absolute atomic E-state index is 0.650. The number of likely N-dealkylation sites (tertiary alicyclic amines) is 1. The van der Waals surface area contributed by atoms with Crippen molar-refractivity contribution in [3.8, 4) is 0 Å². The predicted octanol–water partition coefficient (Wildman–Crippen LogP) is 1.20. The predicted molar refractivity (Wildman–Crippen MR) is 85.0 cm³/mol. The van der Waals surface area contributed by atoms with Gasteiger partial charge in [-0.2, -0.15) is 14.6 Å². The summed E-state index contributed by atoms with van der Waals surface area (Å²) in [5, 5.41) is 7.75. The molecule has 0 aliphatic carbocycles. The van der Waals surface area contributed by atoms with Crippen LogP contribution in [0.1, 0.15) is 18.5 Å². The summed E-state index contributed by atoms with van der Waals surface area (Å²) in [4.78, 5) is 11.0. The number of fused-ring (bicyclic) bond motifs is 1. The van der Waals surface area contributed by atoms with Gasteiger partial charge >= 0.3 is 0 Å². The molecule has 7 heteroatoms. The van der Waals surface area contributed by atoms with Crippen molar-refractivity contribution in [2.75, 3.05) is 45.2 Å². The van der Waals surface area contributed by atoms with Gasteiger partial charge in [0, 0.05) is 32.0 Å². The third-order valence-electron chi connectivity index (χ3n) is 4.27. The van der Waals surface area contributed by atoms with E-state index in [0.29, 0.717) is 11.7 Å². The van der Waals surface area contributed by atoms with Crippen LogP contribution >= 0.6 is 0 Å². The first-order valence-corrected chi connectivity index (χ1v) is 7.89. The van der Waals surface area contributed by atoms with Gasteiger partial charge < -0.3 is 15.0 Å². The molecule has 0 atom stereocenters. The van der Waals surface area contributed by atoms with E-state index in [4.69, 9.17) is 4.74 Å². The number of aryl methyl sites for hydroxylation is 1. The second kappa shape index (κ2) is 7.02. The lowest BCUT2D eigenvalue weighted by atomic mass is 9.97. The molecule has 22 heavy (non-hydrogen) atoms. The van der Waals surface area contributed by atoms with E-state index in [0.717, 1.165) is 44.3 Å². The van der Waals surface area contributed by atoms with Crippen LogP contribution in [0.5, 0.6) is 0 Å². The van der Waals surface area contributed by atoms with Crippen molar-refractivity contribution in [3.63, 3.8) is 0 Å². The van der Waals surface area contributed by atoms with Gasteiger partial charge in [-0.05, 0) is 38.8 Å². The Balaban J connectivity index is 1.53. The van der Waals surface area contributed by atoms with Crippen LogP contribution in [0.3, 0.4) is 0 Å². The summed E-state index contributed by atoms with van der Waals surface area (Å²) in [5.74, 6) is 2.32. The molecular weight excluding hydrogens is 280 g/mol. The smallest absolute Gasteiger partial charge is 0.254 e. The highest BCUT2D eigenvalue weighted by Crippen LogP contribution is 2.18. The molecule has 2 aromatic rings. The minimum atomic E-state index is 0.650. The summed E-state index contributed by atoms with van der Waals surface area (Å²) < 4.78 is 6.91. The summed E-state index contributed by atoms with van der Waals surface area (Å²) in [6.45, 7) is 7.13. The van der Waals surface area contributed by atoms with Gasteiger partial charge in [0.05, 0.1) is 6.61 Å². The van der Waals surface area contributed by atoms with Crippen molar-refractivity contribution in [2.24, 2.45) is 5.92 Å². The Morgan fingerprint density at radius 1 is 1.36 bits per heavy atom. The van der Waals surface area contributed by atoms with Gasteiger partial charge in [0.15, 0.2) is 0 Å². The molecule has 3 heterocycles. The van der Waals surface area contributed by atoms with Gasteiger partial charge in [0.1, 0.15) is 12.1 Å². The molecule has 3 rings (SSSR count). The Morgan fingerprint density at radius 3 is 2.95 bits per heavy atom. The molecule has 1 aliphatic rings. The van der Waals surface area contributed by atoms with Crippen LogP contribution in [0.2, 0.25) is 0 Å². The molecule has 0 amide bonds. The molecule has 120 valence electrons. The highest BCUT2D eigenvalue weighted by Gasteiger charge is 2.19. The summed E-state index contributed by atoms with van der Waals surface area (Å²) in [5.41, 5.74) is 0.956. The van der Waals surface area contributed by atoms with Gasteiger partial charge in [-0.15, -0.1) is 0 Å². The van der Waals surface area contributed by atoms with E-state index in [1.165, 1.54) is 12.8 Å². The van der Waals surface area contributed by atoms with Crippen molar-refractivity contribution in [1.82, 2.24) is 24.5 Å². The molecule has 1 saturated heterocycles. The van der Waals surface area contributed by atoms with Crippen LogP contribution in [0.15, 0.2) is 12.4 Å². The highest BCUT2D eigenvalue weighted by atomic mass is 16.5. The van der Waals surface area contributed by atoms with Crippen LogP contribution < -0.4 is 5.32 Å². The van der Waals surface area contributed by atoms with E-state index < -0.39 is 0 Å². The standard InChI is InChI=1S/C15H24N6O/c1-12-9-14(21-15(19-12)17-11-18-21)16-10-13-3-5-20(6-4-13)7-8-22-2/h9,11,13,16H,3-8,10H2,1-2H3. The van der Waals surface area contributed by atoms with Crippen LogP contribution in [-0.4, -0.2) is 64.4 Å². The number of nitrogens with zero attached hydrogens (tertiary/aromatic N) is 5. The van der Waals surface area contributed by atoms with Gasteiger partial charge in [-0.1, -0.05) is 0 Å². The number of anilines is 1. The van der Waals surface area contributed by atoms with Crippen LogP contribution in [-0.2, 0) is 4.74 Å². The first-order valence-electron chi connectivity index (χ1n) is 7.89. The van der Waals surface area contributed by atoms with Crippen molar-refractivity contribution in [3.05, 3.63) is 18.1 Å². The van der Waals surface area contributed by atoms with Crippen LogP contribution in [0.4, 0.5) is 5.82 Å². The molecule has 0 unspecified atom stereocenters. The van der Waals surface area contributed by atoms with E-state index in [1.54, 1.807) is 18.0 Å². The van der Waals surface area contributed by atoms with E-state index in [-0.39, 0.29) is 0 Å². The zero-order valence-corrected chi connectivity index (χ0v) is 13.3. The largest absolute Gasteiger partial charge is 0.383 e. The zero-order chi connectivity index (χ0) is 15.4. The molecule has 0 saturated carbocycles. The second-order valence-electron chi connectivity index (χ2n) is 5.91. The molecule has 7 nitrogen and oxygen atoms in total. The summed E-state index contributed by atoms with van der Waals surface area (Å²) in [6.07, 6.45) is 3.99.